The predicted octanol–water partition coefficient (Wildman–Crippen LogP) is 4.64. The number of benzene rings is 1. The molecule has 2 rings (SSSR count). The largest absolute Gasteiger partial charge is 0.384 e. The van der Waals surface area contributed by atoms with Crippen molar-refractivity contribution in [2.45, 2.75) is 31.8 Å². The van der Waals surface area contributed by atoms with Gasteiger partial charge in [-0.1, -0.05) is 29.8 Å². The first-order valence-corrected chi connectivity index (χ1v) is 6.68. The van der Waals surface area contributed by atoms with Gasteiger partial charge in [-0.2, -0.15) is 0 Å². The Morgan fingerprint density at radius 1 is 1.31 bits per heavy atom. The lowest BCUT2D eigenvalue weighted by Gasteiger charge is -2.20. The Morgan fingerprint density at radius 2 is 2.12 bits per heavy atom. The molecule has 0 aliphatic heterocycles. The molecule has 0 amide bonds. The number of hydrogen-bond acceptors (Lipinski definition) is 1. The SMILES string of the molecule is OC(C1=CCCCC1)c1cccc(Br)c1Cl. The minimum absolute atomic E-state index is 0.551. The summed E-state index contributed by atoms with van der Waals surface area (Å²) in [4.78, 5) is 0. The molecular formula is C13H14BrClO. The Morgan fingerprint density at radius 3 is 2.81 bits per heavy atom. The second kappa shape index (κ2) is 5.35. The van der Waals surface area contributed by atoms with Gasteiger partial charge in [0.1, 0.15) is 6.10 Å². The van der Waals surface area contributed by atoms with E-state index in [1.807, 2.05) is 18.2 Å². The number of allylic oxidation sites excluding steroid dienone is 1. The summed E-state index contributed by atoms with van der Waals surface area (Å²) in [7, 11) is 0. The summed E-state index contributed by atoms with van der Waals surface area (Å²) >= 11 is 9.55. The zero-order valence-corrected chi connectivity index (χ0v) is 11.3. The van der Waals surface area contributed by atoms with Crippen LogP contribution in [-0.2, 0) is 0 Å². The molecule has 1 atom stereocenters. The summed E-state index contributed by atoms with van der Waals surface area (Å²) in [6.45, 7) is 0. The Bertz CT molecular complexity index is 414. The minimum Gasteiger partial charge on any atom is -0.384 e. The fourth-order valence-corrected chi connectivity index (χ4v) is 2.65. The molecular weight excluding hydrogens is 287 g/mol. The number of aliphatic hydroxyl groups excluding tert-OH is 1. The average Bonchev–Trinajstić information content (AvgIpc) is 2.33. The molecule has 0 bridgehead atoms. The molecule has 1 aliphatic rings. The highest BCUT2D eigenvalue weighted by atomic mass is 79.9. The van der Waals surface area contributed by atoms with Crippen molar-refractivity contribution in [1.29, 1.82) is 0 Å². The third kappa shape index (κ3) is 2.50. The molecule has 0 saturated carbocycles. The van der Waals surface area contributed by atoms with Gasteiger partial charge in [0.05, 0.1) is 5.02 Å². The maximum Gasteiger partial charge on any atom is 0.102 e. The van der Waals surface area contributed by atoms with Crippen LogP contribution in [-0.4, -0.2) is 5.11 Å². The van der Waals surface area contributed by atoms with Gasteiger partial charge in [0.15, 0.2) is 0 Å². The molecule has 0 fully saturated rings. The van der Waals surface area contributed by atoms with E-state index in [0.29, 0.717) is 5.02 Å². The van der Waals surface area contributed by atoms with Crippen LogP contribution in [0.25, 0.3) is 0 Å². The summed E-state index contributed by atoms with van der Waals surface area (Å²) in [6, 6.07) is 5.67. The highest BCUT2D eigenvalue weighted by molar-refractivity contribution is 9.10. The molecule has 0 aromatic heterocycles. The molecule has 0 radical (unpaired) electrons. The van der Waals surface area contributed by atoms with Crippen molar-refractivity contribution < 1.29 is 5.11 Å². The summed E-state index contributed by atoms with van der Waals surface area (Å²) in [5.41, 5.74) is 1.90. The Labute approximate surface area is 109 Å². The normalized spacial score (nSPS) is 18.1. The molecule has 1 unspecified atom stereocenters. The van der Waals surface area contributed by atoms with Crippen LogP contribution in [0.5, 0.6) is 0 Å². The molecule has 0 saturated heterocycles. The van der Waals surface area contributed by atoms with Gasteiger partial charge in [-0.15, -0.1) is 0 Å². The van der Waals surface area contributed by atoms with E-state index < -0.39 is 6.10 Å². The smallest absolute Gasteiger partial charge is 0.102 e. The number of rotatable bonds is 2. The molecule has 1 nitrogen and oxygen atoms in total. The maximum atomic E-state index is 10.3. The molecule has 86 valence electrons. The predicted molar refractivity (Wildman–Crippen MR) is 70.7 cm³/mol. The average molecular weight is 302 g/mol. The van der Waals surface area contributed by atoms with Crippen molar-refractivity contribution >= 4 is 27.5 Å². The minimum atomic E-state index is -0.551. The monoisotopic (exact) mass is 300 g/mol. The van der Waals surface area contributed by atoms with Crippen molar-refractivity contribution in [2.75, 3.05) is 0 Å². The Kier molecular flexibility index (Phi) is 4.06. The third-order valence-electron chi connectivity index (χ3n) is 2.95. The molecule has 1 aliphatic carbocycles. The lowest BCUT2D eigenvalue weighted by atomic mass is 9.92. The first kappa shape index (κ1) is 12.2. The van der Waals surface area contributed by atoms with Crippen LogP contribution in [0, 0.1) is 0 Å². The van der Waals surface area contributed by atoms with Gasteiger partial charge < -0.3 is 5.11 Å². The highest BCUT2D eigenvalue weighted by Crippen LogP contribution is 2.36. The lowest BCUT2D eigenvalue weighted by Crippen LogP contribution is -2.05. The van der Waals surface area contributed by atoms with Crippen LogP contribution < -0.4 is 0 Å². The van der Waals surface area contributed by atoms with Gasteiger partial charge in [0, 0.05) is 10.0 Å². The number of hydrogen-bond donors (Lipinski definition) is 1. The zero-order valence-electron chi connectivity index (χ0n) is 8.92. The zero-order chi connectivity index (χ0) is 11.5. The van der Waals surface area contributed by atoms with Crippen LogP contribution in [0.1, 0.15) is 37.4 Å². The topological polar surface area (TPSA) is 20.2 Å². The Balaban J connectivity index is 2.29. The maximum absolute atomic E-state index is 10.3. The van der Waals surface area contributed by atoms with E-state index in [1.54, 1.807) is 0 Å². The van der Waals surface area contributed by atoms with Crippen LogP contribution in [0.2, 0.25) is 5.02 Å². The second-order valence-corrected chi connectivity index (χ2v) is 5.30. The van der Waals surface area contributed by atoms with E-state index in [9.17, 15) is 5.11 Å². The van der Waals surface area contributed by atoms with Crippen molar-refractivity contribution in [3.8, 4) is 0 Å². The quantitative estimate of drug-likeness (QED) is 0.789. The lowest BCUT2D eigenvalue weighted by molar-refractivity contribution is 0.208. The summed E-state index contributed by atoms with van der Waals surface area (Å²) in [5.74, 6) is 0. The van der Waals surface area contributed by atoms with Crippen LogP contribution in [0.4, 0.5) is 0 Å². The van der Waals surface area contributed by atoms with Crippen LogP contribution in [0.15, 0.2) is 34.3 Å². The van der Waals surface area contributed by atoms with Gasteiger partial charge in [-0.3, -0.25) is 0 Å². The summed E-state index contributed by atoms with van der Waals surface area (Å²) < 4.78 is 0.835. The molecule has 16 heavy (non-hydrogen) atoms. The van der Waals surface area contributed by atoms with Gasteiger partial charge in [-0.25, -0.2) is 0 Å². The van der Waals surface area contributed by atoms with E-state index in [0.717, 1.165) is 34.9 Å². The van der Waals surface area contributed by atoms with E-state index in [1.165, 1.54) is 6.42 Å². The van der Waals surface area contributed by atoms with Crippen molar-refractivity contribution in [3.05, 3.63) is 44.9 Å². The van der Waals surface area contributed by atoms with Crippen LogP contribution in [0.3, 0.4) is 0 Å². The van der Waals surface area contributed by atoms with Gasteiger partial charge >= 0.3 is 0 Å². The van der Waals surface area contributed by atoms with Crippen LogP contribution >= 0.6 is 27.5 Å². The molecule has 1 N–H and O–H groups in total. The summed E-state index contributed by atoms with van der Waals surface area (Å²) in [6.07, 6.45) is 6.02. The third-order valence-corrected chi connectivity index (χ3v) is 4.26. The molecule has 0 spiro atoms. The van der Waals surface area contributed by atoms with E-state index in [2.05, 4.69) is 22.0 Å². The molecule has 1 aromatic carbocycles. The van der Waals surface area contributed by atoms with E-state index in [-0.39, 0.29) is 0 Å². The molecule has 3 heteroatoms. The first-order chi connectivity index (χ1) is 7.70. The van der Waals surface area contributed by atoms with Crippen molar-refractivity contribution in [3.63, 3.8) is 0 Å². The number of aliphatic hydroxyl groups is 1. The van der Waals surface area contributed by atoms with Gasteiger partial charge in [0.25, 0.3) is 0 Å². The van der Waals surface area contributed by atoms with Crippen molar-refractivity contribution in [1.82, 2.24) is 0 Å². The number of halogens is 2. The standard InChI is InChI=1S/C13H14BrClO/c14-11-8-4-7-10(12(11)15)13(16)9-5-2-1-3-6-9/h4-5,7-8,13,16H,1-3,6H2. The van der Waals surface area contributed by atoms with E-state index in [4.69, 9.17) is 11.6 Å². The van der Waals surface area contributed by atoms with E-state index >= 15 is 0 Å². The highest BCUT2D eigenvalue weighted by Gasteiger charge is 2.18. The first-order valence-electron chi connectivity index (χ1n) is 5.51. The fourth-order valence-electron chi connectivity index (χ4n) is 2.04. The second-order valence-electron chi connectivity index (χ2n) is 4.07. The summed E-state index contributed by atoms with van der Waals surface area (Å²) in [5, 5.41) is 10.9. The fraction of sp³-hybridized carbons (Fsp3) is 0.385. The molecule has 1 aromatic rings. The van der Waals surface area contributed by atoms with Crippen molar-refractivity contribution in [2.24, 2.45) is 0 Å². The molecule has 0 heterocycles. The van der Waals surface area contributed by atoms with Gasteiger partial charge in [-0.05, 0) is 53.3 Å². The van der Waals surface area contributed by atoms with Gasteiger partial charge in [0.2, 0.25) is 0 Å². The Hall–Kier alpha value is -0.310.